The molecule has 2 aliphatic rings. The van der Waals surface area contributed by atoms with E-state index in [2.05, 4.69) is 23.9 Å². The largest absolute Gasteiger partial charge is 0.292 e. The van der Waals surface area contributed by atoms with Gasteiger partial charge in [0.05, 0.1) is 18.2 Å². The molecule has 0 N–H and O–H groups in total. The van der Waals surface area contributed by atoms with Crippen LogP contribution < -0.4 is 0 Å². The summed E-state index contributed by atoms with van der Waals surface area (Å²) >= 11 is 0. The Balaban J connectivity index is 0.000000140. The second kappa shape index (κ2) is 5.09. The minimum absolute atomic E-state index is 0.424. The van der Waals surface area contributed by atoms with Crippen molar-refractivity contribution in [2.75, 3.05) is 45.4 Å². The number of hydrogen-bond acceptors (Lipinski definition) is 4. The molecule has 5 heteroatoms. The Hall–Kier alpha value is -0.130. The lowest BCUT2D eigenvalue weighted by molar-refractivity contribution is 0.318. The first-order valence-corrected chi connectivity index (χ1v) is 6.89. The standard InChI is InChI=1S/C5H12N2.C4H8O2S/c1-6-3-4-7(2)5-6;5-7(6)3-1-2-4-7/h3-5H2,1-2H3;1-4H2. The summed E-state index contributed by atoms with van der Waals surface area (Å²) in [6, 6.07) is 0. The molecular formula is C9H20N2O2S. The van der Waals surface area contributed by atoms with Gasteiger partial charge in [0.2, 0.25) is 0 Å². The third-order valence-electron chi connectivity index (χ3n) is 2.51. The van der Waals surface area contributed by atoms with Crippen LogP contribution in [0.5, 0.6) is 0 Å². The topological polar surface area (TPSA) is 40.6 Å². The van der Waals surface area contributed by atoms with Gasteiger partial charge in [-0.15, -0.1) is 0 Å². The van der Waals surface area contributed by atoms with Crippen LogP contribution in [0.25, 0.3) is 0 Å². The van der Waals surface area contributed by atoms with Crippen LogP contribution in [0.1, 0.15) is 12.8 Å². The molecule has 2 aliphatic heterocycles. The molecule has 0 radical (unpaired) electrons. The maximum absolute atomic E-state index is 10.4. The quantitative estimate of drug-likeness (QED) is 0.577. The third-order valence-corrected chi connectivity index (χ3v) is 4.33. The van der Waals surface area contributed by atoms with E-state index in [-0.39, 0.29) is 0 Å². The molecule has 0 spiro atoms. The summed E-state index contributed by atoms with van der Waals surface area (Å²) in [5.41, 5.74) is 0. The number of rotatable bonds is 0. The Labute approximate surface area is 86.8 Å². The van der Waals surface area contributed by atoms with Crippen LogP contribution in [0, 0.1) is 0 Å². The van der Waals surface area contributed by atoms with Crippen molar-refractivity contribution in [3.8, 4) is 0 Å². The van der Waals surface area contributed by atoms with E-state index in [0.717, 1.165) is 19.5 Å². The molecule has 0 atom stereocenters. The average molecular weight is 220 g/mol. The predicted octanol–water partition coefficient (Wildman–Crippen LogP) is 0.0161. The summed E-state index contributed by atoms with van der Waals surface area (Å²) in [4.78, 5) is 4.61. The molecule has 0 aromatic carbocycles. The fourth-order valence-corrected chi connectivity index (χ4v) is 3.13. The molecule has 0 amide bonds. The SMILES string of the molecule is CN1CCN(C)C1.O=S1(=O)CCCC1. The highest BCUT2D eigenvalue weighted by molar-refractivity contribution is 7.91. The molecule has 0 unspecified atom stereocenters. The maximum Gasteiger partial charge on any atom is 0.150 e. The Kier molecular flexibility index (Phi) is 4.34. The van der Waals surface area contributed by atoms with E-state index in [1.54, 1.807) is 0 Å². The van der Waals surface area contributed by atoms with Gasteiger partial charge in [0.15, 0.2) is 0 Å². The summed E-state index contributed by atoms with van der Waals surface area (Å²) in [5.74, 6) is 0.847. The lowest BCUT2D eigenvalue weighted by Gasteiger charge is -2.06. The fourth-order valence-electron chi connectivity index (χ4n) is 1.64. The van der Waals surface area contributed by atoms with Crippen LogP contribution in [0.2, 0.25) is 0 Å². The van der Waals surface area contributed by atoms with Gasteiger partial charge in [0.1, 0.15) is 9.84 Å². The highest BCUT2D eigenvalue weighted by Gasteiger charge is 2.16. The Bertz CT molecular complexity index is 244. The summed E-state index contributed by atoms with van der Waals surface area (Å²) < 4.78 is 20.9. The first-order chi connectivity index (χ1) is 6.49. The minimum Gasteiger partial charge on any atom is -0.292 e. The van der Waals surface area contributed by atoms with Crippen molar-refractivity contribution < 1.29 is 8.42 Å². The summed E-state index contributed by atoms with van der Waals surface area (Å²) in [5, 5.41) is 0. The van der Waals surface area contributed by atoms with Crippen molar-refractivity contribution >= 4 is 9.84 Å². The molecule has 14 heavy (non-hydrogen) atoms. The second-order valence-electron chi connectivity index (χ2n) is 4.16. The van der Waals surface area contributed by atoms with Crippen molar-refractivity contribution in [1.29, 1.82) is 0 Å². The van der Waals surface area contributed by atoms with Crippen LogP contribution in [-0.2, 0) is 9.84 Å². The number of sulfone groups is 1. The minimum atomic E-state index is -2.55. The van der Waals surface area contributed by atoms with Gasteiger partial charge in [-0.25, -0.2) is 8.42 Å². The zero-order valence-electron chi connectivity index (χ0n) is 9.07. The van der Waals surface area contributed by atoms with Gasteiger partial charge in [0, 0.05) is 13.1 Å². The van der Waals surface area contributed by atoms with E-state index < -0.39 is 9.84 Å². The van der Waals surface area contributed by atoms with E-state index >= 15 is 0 Å². The van der Waals surface area contributed by atoms with Gasteiger partial charge in [-0.1, -0.05) is 0 Å². The summed E-state index contributed by atoms with van der Waals surface area (Å²) in [6.07, 6.45) is 1.75. The zero-order chi connectivity index (χ0) is 10.6. The molecule has 84 valence electrons. The Morgan fingerprint density at radius 3 is 1.50 bits per heavy atom. The Morgan fingerprint density at radius 1 is 0.929 bits per heavy atom. The molecule has 4 nitrogen and oxygen atoms in total. The van der Waals surface area contributed by atoms with Crippen molar-refractivity contribution in [3.05, 3.63) is 0 Å². The normalized spacial score (nSPS) is 27.3. The first-order valence-electron chi connectivity index (χ1n) is 5.07. The van der Waals surface area contributed by atoms with Gasteiger partial charge in [-0.2, -0.15) is 0 Å². The van der Waals surface area contributed by atoms with Crippen LogP contribution in [-0.4, -0.2) is 63.6 Å². The molecule has 2 saturated heterocycles. The monoisotopic (exact) mass is 220 g/mol. The van der Waals surface area contributed by atoms with Gasteiger partial charge in [-0.05, 0) is 26.9 Å². The third kappa shape index (κ3) is 4.39. The Morgan fingerprint density at radius 2 is 1.36 bits per heavy atom. The highest BCUT2D eigenvalue weighted by Crippen LogP contribution is 2.08. The van der Waals surface area contributed by atoms with Gasteiger partial charge < -0.3 is 0 Å². The molecular weight excluding hydrogens is 200 g/mol. The van der Waals surface area contributed by atoms with Crippen LogP contribution in [0.15, 0.2) is 0 Å². The number of nitrogens with zero attached hydrogens (tertiary/aromatic N) is 2. The second-order valence-corrected chi connectivity index (χ2v) is 6.46. The average Bonchev–Trinajstić information content (AvgIpc) is 2.61. The van der Waals surface area contributed by atoms with Gasteiger partial charge in [0.25, 0.3) is 0 Å². The zero-order valence-corrected chi connectivity index (χ0v) is 9.89. The van der Waals surface area contributed by atoms with Crippen molar-refractivity contribution in [2.24, 2.45) is 0 Å². The highest BCUT2D eigenvalue weighted by atomic mass is 32.2. The molecule has 2 heterocycles. The molecule has 0 aliphatic carbocycles. The van der Waals surface area contributed by atoms with Crippen LogP contribution >= 0.6 is 0 Å². The van der Waals surface area contributed by atoms with Crippen molar-refractivity contribution in [2.45, 2.75) is 12.8 Å². The summed E-state index contributed by atoms with van der Waals surface area (Å²) in [6.45, 7) is 3.60. The molecule has 0 bridgehead atoms. The lowest BCUT2D eigenvalue weighted by atomic mass is 10.4. The molecule has 2 rings (SSSR count). The van der Waals surface area contributed by atoms with E-state index in [9.17, 15) is 8.42 Å². The smallest absolute Gasteiger partial charge is 0.150 e. The molecule has 0 aromatic rings. The molecule has 0 aromatic heterocycles. The van der Waals surface area contributed by atoms with E-state index in [0.29, 0.717) is 11.5 Å². The van der Waals surface area contributed by atoms with Gasteiger partial charge in [-0.3, -0.25) is 9.80 Å². The predicted molar refractivity (Wildman–Crippen MR) is 58.0 cm³/mol. The van der Waals surface area contributed by atoms with E-state index in [1.807, 2.05) is 0 Å². The molecule has 0 saturated carbocycles. The first kappa shape index (κ1) is 11.9. The van der Waals surface area contributed by atoms with Gasteiger partial charge >= 0.3 is 0 Å². The fraction of sp³-hybridized carbons (Fsp3) is 1.00. The number of likely N-dealkylation sites (N-methyl/N-ethyl adjacent to an activating group) is 2. The van der Waals surface area contributed by atoms with Crippen molar-refractivity contribution in [3.63, 3.8) is 0 Å². The number of hydrogen-bond donors (Lipinski definition) is 0. The van der Waals surface area contributed by atoms with E-state index in [1.165, 1.54) is 13.1 Å². The maximum atomic E-state index is 10.4. The molecule has 2 fully saturated rings. The van der Waals surface area contributed by atoms with Crippen molar-refractivity contribution in [1.82, 2.24) is 9.80 Å². The summed E-state index contributed by atoms with van der Waals surface area (Å²) in [7, 11) is 1.74. The van der Waals surface area contributed by atoms with E-state index in [4.69, 9.17) is 0 Å². The van der Waals surface area contributed by atoms with Crippen LogP contribution in [0.3, 0.4) is 0 Å². The lowest BCUT2D eigenvalue weighted by Crippen LogP contribution is -2.17. The van der Waals surface area contributed by atoms with Crippen LogP contribution in [0.4, 0.5) is 0 Å².